The van der Waals surface area contributed by atoms with Crippen LogP contribution in [0, 0.1) is 0 Å². The first-order chi connectivity index (χ1) is 9.82. The number of amides is 1. The van der Waals surface area contributed by atoms with Crippen LogP contribution < -0.4 is 0 Å². The second kappa shape index (κ2) is 6.13. The second-order valence-corrected chi connectivity index (χ2v) is 6.84. The number of carbonyl (C=O) groups excluding carboxylic acids is 1. The molecule has 0 saturated carbocycles. The summed E-state index contributed by atoms with van der Waals surface area (Å²) < 4.78 is 0. The Morgan fingerprint density at radius 3 is 2.38 bits per heavy atom. The van der Waals surface area contributed by atoms with Gasteiger partial charge in [0.25, 0.3) is 5.91 Å². The van der Waals surface area contributed by atoms with Gasteiger partial charge in [-0.15, -0.1) is 5.10 Å². The lowest BCUT2D eigenvalue weighted by molar-refractivity contribution is 0.0568. The number of rotatable bonds is 3. The lowest BCUT2D eigenvalue weighted by atomic mass is 9.96. The third-order valence-electron chi connectivity index (χ3n) is 4.20. The summed E-state index contributed by atoms with van der Waals surface area (Å²) in [6, 6.07) is 0.582. The molecule has 1 aromatic rings. The summed E-state index contributed by atoms with van der Waals surface area (Å²) in [7, 11) is 0. The van der Waals surface area contributed by atoms with Crippen LogP contribution in [0.4, 0.5) is 0 Å². The molecule has 0 aromatic carbocycles. The SMILES string of the molecule is CCC(C)N1CCN(C(=O)c2n[nH]c(C(C)(C)C)n2)CC1. The first-order valence-electron chi connectivity index (χ1n) is 7.79. The molecule has 0 radical (unpaired) electrons. The monoisotopic (exact) mass is 293 g/mol. The van der Waals surface area contributed by atoms with E-state index >= 15 is 0 Å². The standard InChI is InChI=1S/C15H27N5O/c1-6-11(2)19-7-9-20(10-8-19)13(21)12-16-14(18-17-12)15(3,4)5/h11H,6-10H2,1-5H3,(H,16,17,18). The highest BCUT2D eigenvalue weighted by molar-refractivity contribution is 5.90. The number of hydrogen-bond acceptors (Lipinski definition) is 4. The second-order valence-electron chi connectivity index (χ2n) is 6.84. The molecule has 1 aliphatic rings. The van der Waals surface area contributed by atoms with Crippen LogP contribution in [0.5, 0.6) is 0 Å². The zero-order valence-electron chi connectivity index (χ0n) is 13.8. The van der Waals surface area contributed by atoms with Crippen molar-refractivity contribution < 1.29 is 4.79 Å². The summed E-state index contributed by atoms with van der Waals surface area (Å²) >= 11 is 0. The van der Waals surface area contributed by atoms with Crippen molar-refractivity contribution in [3.05, 3.63) is 11.6 Å². The molecule has 1 fully saturated rings. The van der Waals surface area contributed by atoms with Gasteiger partial charge in [0.05, 0.1) is 0 Å². The van der Waals surface area contributed by atoms with E-state index in [1.807, 2.05) is 25.7 Å². The van der Waals surface area contributed by atoms with E-state index in [4.69, 9.17) is 0 Å². The number of hydrogen-bond donors (Lipinski definition) is 1. The van der Waals surface area contributed by atoms with Crippen molar-refractivity contribution in [3.63, 3.8) is 0 Å². The first kappa shape index (κ1) is 15.9. The fourth-order valence-corrected chi connectivity index (χ4v) is 2.46. The van der Waals surface area contributed by atoms with E-state index < -0.39 is 0 Å². The molecule has 2 rings (SSSR count). The first-order valence-corrected chi connectivity index (χ1v) is 7.79. The van der Waals surface area contributed by atoms with E-state index in [9.17, 15) is 4.79 Å². The van der Waals surface area contributed by atoms with Crippen LogP contribution in [-0.4, -0.2) is 63.1 Å². The Kier molecular flexibility index (Phi) is 4.66. The number of nitrogens with zero attached hydrogens (tertiary/aromatic N) is 4. The fourth-order valence-electron chi connectivity index (χ4n) is 2.46. The van der Waals surface area contributed by atoms with Crippen LogP contribution in [0.3, 0.4) is 0 Å². The summed E-state index contributed by atoms with van der Waals surface area (Å²) in [6.45, 7) is 13.9. The van der Waals surface area contributed by atoms with Gasteiger partial charge in [-0.25, -0.2) is 4.98 Å². The Hall–Kier alpha value is -1.43. The molecule has 6 heteroatoms. The predicted molar refractivity (Wildman–Crippen MR) is 82.3 cm³/mol. The molecule has 21 heavy (non-hydrogen) atoms. The lowest BCUT2D eigenvalue weighted by Gasteiger charge is -2.37. The maximum Gasteiger partial charge on any atom is 0.293 e. The third-order valence-corrected chi connectivity index (χ3v) is 4.20. The highest BCUT2D eigenvalue weighted by Crippen LogP contribution is 2.18. The zero-order chi connectivity index (χ0) is 15.6. The highest BCUT2D eigenvalue weighted by atomic mass is 16.2. The number of aromatic nitrogens is 3. The minimum Gasteiger partial charge on any atom is -0.333 e. The Balaban J connectivity index is 1.97. The molecular formula is C15H27N5O. The molecular weight excluding hydrogens is 266 g/mol. The van der Waals surface area contributed by atoms with Crippen molar-refractivity contribution in [1.82, 2.24) is 25.0 Å². The Bertz CT molecular complexity index is 482. The Morgan fingerprint density at radius 1 is 1.29 bits per heavy atom. The van der Waals surface area contributed by atoms with Gasteiger partial charge in [-0.05, 0) is 13.3 Å². The molecule has 1 aromatic heterocycles. The van der Waals surface area contributed by atoms with E-state index in [1.165, 1.54) is 0 Å². The highest BCUT2D eigenvalue weighted by Gasteiger charge is 2.27. The van der Waals surface area contributed by atoms with Crippen molar-refractivity contribution in [3.8, 4) is 0 Å². The average molecular weight is 293 g/mol. The van der Waals surface area contributed by atoms with Crippen molar-refractivity contribution in [2.75, 3.05) is 26.2 Å². The minimum atomic E-state index is -0.124. The summed E-state index contributed by atoms with van der Waals surface area (Å²) in [5.41, 5.74) is -0.124. The minimum absolute atomic E-state index is 0.0643. The molecule has 118 valence electrons. The third kappa shape index (κ3) is 3.61. The summed E-state index contributed by atoms with van der Waals surface area (Å²) in [5.74, 6) is 0.978. The summed E-state index contributed by atoms with van der Waals surface area (Å²) in [5, 5.41) is 6.97. The van der Waals surface area contributed by atoms with E-state index in [1.54, 1.807) is 0 Å². The molecule has 0 spiro atoms. The van der Waals surface area contributed by atoms with Gasteiger partial charge >= 0.3 is 0 Å². The molecule has 2 heterocycles. The van der Waals surface area contributed by atoms with E-state index in [0.717, 1.165) is 38.4 Å². The van der Waals surface area contributed by atoms with Gasteiger partial charge in [-0.2, -0.15) is 0 Å². The number of nitrogens with one attached hydrogen (secondary N) is 1. The van der Waals surface area contributed by atoms with Crippen LogP contribution in [0.2, 0.25) is 0 Å². The van der Waals surface area contributed by atoms with Crippen molar-refractivity contribution in [2.45, 2.75) is 52.5 Å². The van der Waals surface area contributed by atoms with Crippen LogP contribution in [0.1, 0.15) is 57.5 Å². The topological polar surface area (TPSA) is 65.1 Å². The maximum absolute atomic E-state index is 12.4. The van der Waals surface area contributed by atoms with Gasteiger partial charge in [0.2, 0.25) is 5.82 Å². The van der Waals surface area contributed by atoms with E-state index in [-0.39, 0.29) is 17.1 Å². The van der Waals surface area contributed by atoms with Gasteiger partial charge in [0.1, 0.15) is 5.82 Å². The predicted octanol–water partition coefficient (Wildman–Crippen LogP) is 1.66. The molecule has 1 amide bonds. The van der Waals surface area contributed by atoms with Crippen LogP contribution in [-0.2, 0) is 5.41 Å². The number of piperazine rings is 1. The zero-order valence-corrected chi connectivity index (χ0v) is 13.8. The van der Waals surface area contributed by atoms with E-state index in [0.29, 0.717) is 6.04 Å². The van der Waals surface area contributed by atoms with E-state index in [2.05, 4.69) is 33.9 Å². The lowest BCUT2D eigenvalue weighted by Crippen LogP contribution is -2.51. The summed E-state index contributed by atoms with van der Waals surface area (Å²) in [4.78, 5) is 21.1. The van der Waals surface area contributed by atoms with Crippen molar-refractivity contribution in [2.24, 2.45) is 0 Å². The number of carbonyl (C=O) groups is 1. The van der Waals surface area contributed by atoms with Gasteiger partial charge < -0.3 is 4.90 Å². The van der Waals surface area contributed by atoms with Gasteiger partial charge in [-0.1, -0.05) is 27.7 Å². The Morgan fingerprint density at radius 2 is 1.90 bits per heavy atom. The molecule has 1 atom stereocenters. The van der Waals surface area contributed by atoms with Crippen LogP contribution >= 0.6 is 0 Å². The fraction of sp³-hybridized carbons (Fsp3) is 0.800. The van der Waals surface area contributed by atoms with Gasteiger partial charge in [0.15, 0.2) is 0 Å². The summed E-state index contributed by atoms with van der Waals surface area (Å²) in [6.07, 6.45) is 1.14. The maximum atomic E-state index is 12.4. The smallest absolute Gasteiger partial charge is 0.293 e. The normalized spacial score (nSPS) is 18.8. The molecule has 0 aliphatic carbocycles. The van der Waals surface area contributed by atoms with Crippen molar-refractivity contribution >= 4 is 5.91 Å². The van der Waals surface area contributed by atoms with Crippen LogP contribution in [0.25, 0.3) is 0 Å². The molecule has 1 unspecified atom stereocenters. The molecule has 0 bridgehead atoms. The average Bonchev–Trinajstić information content (AvgIpc) is 2.95. The Labute approximate surface area is 126 Å². The molecule has 1 aliphatic heterocycles. The van der Waals surface area contributed by atoms with Gasteiger partial charge in [0, 0.05) is 37.6 Å². The number of H-pyrrole nitrogens is 1. The van der Waals surface area contributed by atoms with Crippen LogP contribution in [0.15, 0.2) is 0 Å². The molecule has 6 nitrogen and oxygen atoms in total. The molecule has 1 N–H and O–H groups in total. The quantitative estimate of drug-likeness (QED) is 0.920. The van der Waals surface area contributed by atoms with Gasteiger partial charge in [-0.3, -0.25) is 14.8 Å². The van der Waals surface area contributed by atoms with Crippen molar-refractivity contribution in [1.29, 1.82) is 0 Å². The molecule has 1 saturated heterocycles. The number of aromatic amines is 1. The largest absolute Gasteiger partial charge is 0.333 e.